The summed E-state index contributed by atoms with van der Waals surface area (Å²) in [5, 5.41) is 0. The Kier molecular flexibility index (Phi) is 17.9. The van der Waals surface area contributed by atoms with E-state index in [9.17, 15) is 0 Å². The highest BCUT2D eigenvalue weighted by Gasteiger charge is 2.29. The van der Waals surface area contributed by atoms with Crippen molar-refractivity contribution in [3.05, 3.63) is 314 Å². The Hall–Kier alpha value is -9.78. The van der Waals surface area contributed by atoms with Gasteiger partial charge in [-0.25, -0.2) is 0 Å². The number of aromatic nitrogens is 6. The maximum absolute atomic E-state index is 4.77. The molecule has 0 spiro atoms. The number of benzene rings is 6. The molecule has 6 heterocycles. The fourth-order valence-corrected chi connectivity index (χ4v) is 15.7. The summed E-state index contributed by atoms with van der Waals surface area (Å²) in [5.41, 5.74) is 58.0. The minimum Gasteiger partial charge on any atom is -0.260 e. The van der Waals surface area contributed by atoms with Crippen molar-refractivity contribution in [2.75, 3.05) is 0 Å². The number of hydrogen-bond donors (Lipinski definition) is 0. The van der Waals surface area contributed by atoms with Crippen molar-refractivity contribution in [1.29, 1.82) is 0 Å². The van der Waals surface area contributed by atoms with Crippen LogP contribution >= 0.6 is 0 Å². The van der Waals surface area contributed by atoms with E-state index in [1.54, 1.807) is 0 Å². The van der Waals surface area contributed by atoms with Crippen molar-refractivity contribution < 1.29 is 0 Å². The van der Waals surface area contributed by atoms with Crippen molar-refractivity contribution in [2.24, 2.45) is 0 Å². The molecule has 6 aliphatic carbocycles. The van der Waals surface area contributed by atoms with Gasteiger partial charge < -0.3 is 0 Å². The van der Waals surface area contributed by atoms with Gasteiger partial charge in [-0.3, -0.25) is 29.9 Å². The lowest BCUT2D eigenvalue weighted by atomic mass is 9.95. The Morgan fingerprint density at radius 3 is 1.18 bits per heavy atom. The molecule has 486 valence electrons. The molecule has 6 aliphatic rings. The second-order valence-corrected chi connectivity index (χ2v) is 28.4. The Labute approximate surface area is 576 Å². The molecular weight excluding hydrogens is 1180 g/mol. The third kappa shape index (κ3) is 12.1. The maximum atomic E-state index is 4.77. The molecule has 6 nitrogen and oxygen atoms in total. The molecule has 0 fully saturated rings. The first-order valence-electron chi connectivity index (χ1n) is 34.8. The third-order valence-corrected chi connectivity index (χ3v) is 22.2. The summed E-state index contributed by atoms with van der Waals surface area (Å²) in [6.07, 6.45) is 13.9. The number of hydrogen-bond acceptors (Lipinski definition) is 6. The van der Waals surface area contributed by atoms with Gasteiger partial charge in [0.25, 0.3) is 0 Å². The first-order chi connectivity index (χ1) is 46.5. The van der Waals surface area contributed by atoms with E-state index in [4.69, 9.17) is 9.97 Å². The third-order valence-electron chi connectivity index (χ3n) is 22.2. The van der Waals surface area contributed by atoms with E-state index < -0.39 is 0 Å². The van der Waals surface area contributed by atoms with E-state index in [0.717, 1.165) is 38.5 Å². The Bertz CT molecular complexity index is 5190. The van der Waals surface area contributed by atoms with Crippen LogP contribution in [-0.2, 0) is 38.5 Å². The SMILES string of the molecule is Cc1ccc2c(c1)-c1c(ncc(C)c1C)C2.Cc1ccc2c(c1)Cc1ncc(C)c(C)c1-2.Cc1cccc2c1-c1c(nc(C)c(C)c1C)C2.Cc1cnc2c(c1C)-c1c(C)cccc1C2.Cc1cnc2c(c1C)-c1cccc(C)c1C2.Cc1nc2c(c(C)c1C)-c1ccccc1C2. The zero-order valence-corrected chi connectivity index (χ0v) is 60.7. The van der Waals surface area contributed by atoms with Crippen LogP contribution in [0.1, 0.15) is 174 Å². The summed E-state index contributed by atoms with van der Waals surface area (Å²) in [4.78, 5) is 27.8. The Balaban J connectivity index is 0.000000105. The van der Waals surface area contributed by atoms with Crippen molar-refractivity contribution in [1.82, 2.24) is 29.9 Å². The van der Waals surface area contributed by atoms with Gasteiger partial charge in [0.05, 0.1) is 34.2 Å². The lowest BCUT2D eigenvalue weighted by molar-refractivity contribution is 1.04. The van der Waals surface area contributed by atoms with Crippen molar-refractivity contribution in [3.63, 3.8) is 0 Å². The number of fused-ring (bicyclic) bond motifs is 18. The molecule has 6 aromatic heterocycles. The summed E-state index contributed by atoms with van der Waals surface area (Å²) in [5.74, 6) is 0. The van der Waals surface area contributed by atoms with Crippen LogP contribution in [0, 0.1) is 132 Å². The minimum absolute atomic E-state index is 0.992. The highest BCUT2D eigenvalue weighted by Crippen LogP contribution is 2.46. The Morgan fingerprint density at radius 1 is 0.227 bits per heavy atom. The zero-order valence-electron chi connectivity index (χ0n) is 60.7. The molecule has 0 amide bonds. The lowest BCUT2D eigenvalue weighted by Gasteiger charge is -2.12. The molecule has 0 atom stereocenters. The molecule has 97 heavy (non-hydrogen) atoms. The highest BCUT2D eigenvalue weighted by atomic mass is 14.7. The number of pyridine rings is 6. The maximum Gasteiger partial charge on any atom is 0.0532 e. The Morgan fingerprint density at radius 2 is 0.588 bits per heavy atom. The van der Waals surface area contributed by atoms with Crippen LogP contribution in [0.4, 0.5) is 0 Å². The average Bonchev–Trinajstić information content (AvgIpc) is 1.67. The number of nitrogens with zero attached hydrogens (tertiary/aromatic N) is 6. The molecule has 0 unspecified atom stereocenters. The average molecular weight is 1270 g/mol. The molecule has 0 bridgehead atoms. The summed E-state index contributed by atoms with van der Waals surface area (Å²) >= 11 is 0. The van der Waals surface area contributed by atoms with Gasteiger partial charge in [-0.05, 0) is 282 Å². The van der Waals surface area contributed by atoms with E-state index >= 15 is 0 Å². The van der Waals surface area contributed by atoms with Gasteiger partial charge in [-0.2, -0.15) is 0 Å². The van der Waals surface area contributed by atoms with Crippen molar-refractivity contribution in [2.45, 2.75) is 170 Å². The lowest BCUT2D eigenvalue weighted by Crippen LogP contribution is -1.98. The summed E-state index contributed by atoms with van der Waals surface area (Å²) < 4.78 is 0. The predicted molar refractivity (Wildman–Crippen MR) is 405 cm³/mol. The van der Waals surface area contributed by atoms with Crippen LogP contribution in [0.2, 0.25) is 0 Å². The molecule has 12 aromatic rings. The summed E-state index contributed by atoms with van der Waals surface area (Å²) in [6, 6.07) is 41.8. The van der Waals surface area contributed by atoms with Gasteiger partial charge in [0.1, 0.15) is 0 Å². The van der Waals surface area contributed by atoms with E-state index in [-0.39, 0.29) is 0 Å². The highest BCUT2D eigenvalue weighted by molar-refractivity contribution is 5.85. The van der Waals surface area contributed by atoms with Gasteiger partial charge in [-0.15, -0.1) is 0 Å². The van der Waals surface area contributed by atoms with Crippen molar-refractivity contribution >= 4 is 0 Å². The number of rotatable bonds is 0. The van der Waals surface area contributed by atoms with Crippen LogP contribution in [-0.4, -0.2) is 29.9 Å². The minimum atomic E-state index is 0.992. The standard InChI is InChI=1S/C16H17N.5C15H15N/c1-9-6-5-7-13-8-14-16(15(9)13)11(3)10(2)12(4)17-14;1-9-4-5-13-12(6-9)7-14-15(13)11(3)10(2)8-16-14;1-9-4-5-12-7-14-15(13(12)6-9)11(3)10(2)8-16-14;1-9-5-4-6-12-13(9)7-14-15(12)11(3)10(2)8-16-14;1-9-5-4-6-12-7-13-15(14(9)12)11(3)10(2)8-16-13;1-9-10(2)15-13-7-5-4-6-12(13)8-14(15)16-11(9)3/h5-7H,8H2,1-4H3;4*4-6,8H,7H2,1-3H3;4-7H,8H2,1-3H3. The van der Waals surface area contributed by atoms with Gasteiger partial charge in [-0.1, -0.05) is 126 Å². The normalized spacial score (nSPS) is 12.4. The smallest absolute Gasteiger partial charge is 0.0532 e. The molecule has 0 aliphatic heterocycles. The molecule has 6 heteroatoms. The predicted octanol–water partition coefficient (Wildman–Crippen LogP) is 21.8. The van der Waals surface area contributed by atoms with E-state index in [0.29, 0.717) is 0 Å². The fourth-order valence-electron chi connectivity index (χ4n) is 15.7. The summed E-state index contributed by atoms with van der Waals surface area (Å²) in [7, 11) is 0. The first-order valence-corrected chi connectivity index (χ1v) is 34.8. The fraction of sp³-hybridized carbons (Fsp3) is 0.275. The van der Waals surface area contributed by atoms with E-state index in [1.807, 2.05) is 24.8 Å². The first kappa shape index (κ1) is 65.9. The van der Waals surface area contributed by atoms with Gasteiger partial charge in [0.2, 0.25) is 0 Å². The van der Waals surface area contributed by atoms with E-state index in [2.05, 4.69) is 267 Å². The van der Waals surface area contributed by atoms with Crippen LogP contribution in [0.5, 0.6) is 0 Å². The van der Waals surface area contributed by atoms with Crippen LogP contribution in [0.25, 0.3) is 66.8 Å². The zero-order chi connectivity index (χ0) is 68.6. The summed E-state index contributed by atoms with van der Waals surface area (Å²) in [6.45, 7) is 41.2. The van der Waals surface area contributed by atoms with Gasteiger partial charge in [0, 0.05) is 108 Å². The van der Waals surface area contributed by atoms with Crippen LogP contribution in [0.15, 0.2) is 140 Å². The topological polar surface area (TPSA) is 77.3 Å². The molecular formula is C91H92N6. The van der Waals surface area contributed by atoms with E-state index in [1.165, 1.54) is 240 Å². The monoisotopic (exact) mass is 1270 g/mol. The second kappa shape index (κ2) is 26.3. The molecule has 6 aromatic carbocycles. The van der Waals surface area contributed by atoms with Gasteiger partial charge >= 0.3 is 0 Å². The number of aryl methyl sites for hydroxylation is 11. The van der Waals surface area contributed by atoms with Crippen LogP contribution < -0.4 is 0 Å². The molecule has 0 saturated carbocycles. The van der Waals surface area contributed by atoms with Gasteiger partial charge in [0.15, 0.2) is 0 Å². The molecule has 18 rings (SSSR count). The second-order valence-electron chi connectivity index (χ2n) is 28.4. The quantitative estimate of drug-likeness (QED) is 0.151. The molecule has 0 N–H and O–H groups in total. The molecule has 0 saturated heterocycles. The van der Waals surface area contributed by atoms with Crippen molar-refractivity contribution in [3.8, 4) is 66.8 Å². The largest absolute Gasteiger partial charge is 0.260 e. The molecule has 0 radical (unpaired) electrons. The van der Waals surface area contributed by atoms with Crippen LogP contribution in [0.3, 0.4) is 0 Å².